The lowest BCUT2D eigenvalue weighted by Gasteiger charge is -2.11. The van der Waals surface area contributed by atoms with Gasteiger partial charge in [0.25, 0.3) is 11.8 Å². The molecule has 0 fully saturated rings. The van der Waals surface area contributed by atoms with Crippen molar-refractivity contribution < 1.29 is 14.4 Å². The summed E-state index contributed by atoms with van der Waals surface area (Å²) in [7, 11) is 0. The summed E-state index contributed by atoms with van der Waals surface area (Å²) in [5.41, 5.74) is 11.0. The maximum atomic E-state index is 12.8. The van der Waals surface area contributed by atoms with Gasteiger partial charge in [0.05, 0.1) is 12.1 Å². The number of nitrogens with one attached hydrogen (secondary N) is 2. The quantitative estimate of drug-likeness (QED) is 0.549. The summed E-state index contributed by atoms with van der Waals surface area (Å²) >= 11 is 0. The average Bonchev–Trinajstić information content (AvgIpc) is 3.04. The Bertz CT molecular complexity index is 1130. The fourth-order valence-electron chi connectivity index (χ4n) is 3.48. The van der Waals surface area contributed by atoms with Gasteiger partial charge in [-0.3, -0.25) is 14.4 Å². The average molecular weight is 418 g/mol. The van der Waals surface area contributed by atoms with Crippen molar-refractivity contribution in [3.8, 4) is 5.69 Å². The molecular weight excluding hydrogens is 392 g/mol. The number of aryl methyl sites for hydroxylation is 2. The second-order valence-electron chi connectivity index (χ2n) is 7.49. The third kappa shape index (κ3) is 5.19. The van der Waals surface area contributed by atoms with E-state index >= 15 is 0 Å². The maximum Gasteiger partial charge on any atom is 0.253 e. The zero-order valence-corrected chi connectivity index (χ0v) is 17.9. The van der Waals surface area contributed by atoms with Crippen LogP contribution in [0.2, 0.25) is 0 Å². The van der Waals surface area contributed by atoms with Crippen LogP contribution >= 0.6 is 0 Å². The van der Waals surface area contributed by atoms with Crippen LogP contribution < -0.4 is 16.4 Å². The first-order chi connectivity index (χ1) is 14.8. The highest BCUT2D eigenvalue weighted by Gasteiger charge is 2.16. The first kappa shape index (κ1) is 21.8. The molecule has 0 atom stereocenters. The lowest BCUT2D eigenvalue weighted by Crippen LogP contribution is -2.33. The topological polar surface area (TPSA) is 106 Å². The van der Waals surface area contributed by atoms with Gasteiger partial charge in [-0.1, -0.05) is 24.3 Å². The number of hydrogen-bond acceptors (Lipinski definition) is 3. The number of hydrogen-bond donors (Lipinski definition) is 3. The van der Waals surface area contributed by atoms with Gasteiger partial charge in [0.15, 0.2) is 0 Å². The molecule has 0 aliphatic carbocycles. The first-order valence-corrected chi connectivity index (χ1v) is 9.96. The van der Waals surface area contributed by atoms with Crippen LogP contribution in [0.5, 0.6) is 0 Å². The first-order valence-electron chi connectivity index (χ1n) is 9.96. The monoisotopic (exact) mass is 418 g/mol. The number of carbonyl (C=O) groups is 3. The molecule has 1 heterocycles. The van der Waals surface area contributed by atoms with Gasteiger partial charge in [-0.15, -0.1) is 0 Å². The number of amides is 3. The van der Waals surface area contributed by atoms with E-state index in [-0.39, 0.29) is 18.4 Å². The van der Waals surface area contributed by atoms with Crippen LogP contribution in [0.3, 0.4) is 0 Å². The van der Waals surface area contributed by atoms with Gasteiger partial charge in [0.1, 0.15) is 0 Å². The molecule has 0 saturated heterocycles. The molecular formula is C24H26N4O3. The second kappa shape index (κ2) is 9.30. The highest BCUT2D eigenvalue weighted by atomic mass is 16.2. The number of aromatic nitrogens is 1. The van der Waals surface area contributed by atoms with Crippen molar-refractivity contribution in [2.75, 3.05) is 6.54 Å². The molecule has 7 heteroatoms. The third-order valence-electron chi connectivity index (χ3n) is 5.03. The zero-order valence-electron chi connectivity index (χ0n) is 17.9. The smallest absolute Gasteiger partial charge is 0.253 e. The molecule has 160 valence electrons. The highest BCUT2D eigenvalue weighted by Crippen LogP contribution is 2.21. The van der Waals surface area contributed by atoms with E-state index in [1.165, 1.54) is 0 Å². The van der Waals surface area contributed by atoms with E-state index in [0.29, 0.717) is 17.7 Å². The Labute approximate surface area is 181 Å². The number of nitrogens with two attached hydrogens (primary N) is 1. The molecule has 3 rings (SSSR count). The molecule has 4 N–H and O–H groups in total. The van der Waals surface area contributed by atoms with Crippen LogP contribution in [-0.2, 0) is 11.3 Å². The molecule has 0 unspecified atom stereocenters. The molecule has 0 bridgehead atoms. The molecule has 31 heavy (non-hydrogen) atoms. The van der Waals surface area contributed by atoms with Crippen molar-refractivity contribution in [3.05, 3.63) is 88.2 Å². The Morgan fingerprint density at radius 3 is 2.26 bits per heavy atom. The molecule has 0 saturated carbocycles. The van der Waals surface area contributed by atoms with E-state index in [4.69, 9.17) is 5.73 Å². The maximum absolute atomic E-state index is 12.8. The van der Waals surface area contributed by atoms with Gasteiger partial charge in [-0.05, 0) is 62.2 Å². The van der Waals surface area contributed by atoms with Crippen molar-refractivity contribution in [1.29, 1.82) is 0 Å². The van der Waals surface area contributed by atoms with Gasteiger partial charge >= 0.3 is 0 Å². The molecule has 0 radical (unpaired) electrons. The van der Waals surface area contributed by atoms with Gasteiger partial charge in [-0.2, -0.15) is 0 Å². The molecule has 3 aromatic rings. The standard InChI is InChI=1S/C24H26N4O3/c1-15-5-4-6-20(11-15)28-16(2)12-21(17(28)3)24(31)26-13-18-7-9-19(10-8-18)23(30)27-14-22(25)29/h4-12H,13-14H2,1-3H3,(H2,25,29)(H,26,31)(H,27,30). The number of primary amides is 1. The van der Waals surface area contributed by atoms with Gasteiger partial charge in [0.2, 0.25) is 5.91 Å². The minimum atomic E-state index is -0.602. The summed E-state index contributed by atoms with van der Waals surface area (Å²) in [5.74, 6) is -1.14. The SMILES string of the molecule is Cc1cccc(-n2c(C)cc(C(=O)NCc3ccc(C(=O)NCC(N)=O)cc3)c2C)c1. The van der Waals surface area contributed by atoms with E-state index in [2.05, 4.69) is 21.3 Å². The Kier molecular flexibility index (Phi) is 6.55. The van der Waals surface area contributed by atoms with Gasteiger partial charge in [0, 0.05) is 29.2 Å². The summed E-state index contributed by atoms with van der Waals surface area (Å²) in [5, 5.41) is 5.37. The summed E-state index contributed by atoms with van der Waals surface area (Å²) in [6.07, 6.45) is 0. The van der Waals surface area contributed by atoms with E-state index in [1.54, 1.807) is 24.3 Å². The van der Waals surface area contributed by atoms with Gasteiger partial charge in [-0.25, -0.2) is 0 Å². The second-order valence-corrected chi connectivity index (χ2v) is 7.49. The number of rotatable bonds is 7. The number of nitrogens with zero attached hydrogens (tertiary/aromatic N) is 1. The normalized spacial score (nSPS) is 10.5. The Balaban J connectivity index is 1.67. The fourth-order valence-corrected chi connectivity index (χ4v) is 3.48. The van der Waals surface area contributed by atoms with Crippen LogP contribution in [0.25, 0.3) is 5.69 Å². The number of benzene rings is 2. The summed E-state index contributed by atoms with van der Waals surface area (Å²) in [6, 6.07) is 16.8. The lowest BCUT2D eigenvalue weighted by atomic mass is 10.1. The predicted molar refractivity (Wildman–Crippen MR) is 119 cm³/mol. The minimum absolute atomic E-state index is 0.157. The molecule has 3 amide bonds. The lowest BCUT2D eigenvalue weighted by molar-refractivity contribution is -0.117. The van der Waals surface area contributed by atoms with E-state index in [0.717, 1.165) is 28.2 Å². The Hall–Kier alpha value is -3.87. The van der Waals surface area contributed by atoms with Crippen LogP contribution in [0.15, 0.2) is 54.6 Å². The predicted octanol–water partition coefficient (Wildman–Crippen LogP) is 2.55. The molecule has 2 aromatic carbocycles. The molecule has 0 spiro atoms. The van der Waals surface area contributed by atoms with Crippen LogP contribution in [0, 0.1) is 20.8 Å². The molecule has 0 aliphatic rings. The minimum Gasteiger partial charge on any atom is -0.368 e. The largest absolute Gasteiger partial charge is 0.368 e. The van der Waals surface area contributed by atoms with Crippen molar-refractivity contribution in [2.24, 2.45) is 5.73 Å². The molecule has 0 aliphatic heterocycles. The van der Waals surface area contributed by atoms with Gasteiger partial charge < -0.3 is 20.9 Å². The molecule has 7 nitrogen and oxygen atoms in total. The Morgan fingerprint density at radius 2 is 1.61 bits per heavy atom. The van der Waals surface area contributed by atoms with E-state index < -0.39 is 5.91 Å². The summed E-state index contributed by atoms with van der Waals surface area (Å²) in [4.78, 5) is 35.5. The Morgan fingerprint density at radius 1 is 0.903 bits per heavy atom. The van der Waals surface area contributed by atoms with Crippen molar-refractivity contribution in [2.45, 2.75) is 27.3 Å². The summed E-state index contributed by atoms with van der Waals surface area (Å²) < 4.78 is 2.07. The third-order valence-corrected chi connectivity index (χ3v) is 5.03. The van der Waals surface area contributed by atoms with Crippen molar-refractivity contribution >= 4 is 17.7 Å². The van der Waals surface area contributed by atoms with Crippen LogP contribution in [0.4, 0.5) is 0 Å². The van der Waals surface area contributed by atoms with Crippen LogP contribution in [0.1, 0.15) is 43.2 Å². The van der Waals surface area contributed by atoms with E-state index in [9.17, 15) is 14.4 Å². The highest BCUT2D eigenvalue weighted by molar-refractivity contribution is 5.97. The fraction of sp³-hybridized carbons (Fsp3) is 0.208. The van der Waals surface area contributed by atoms with Crippen molar-refractivity contribution in [1.82, 2.24) is 15.2 Å². The summed E-state index contributed by atoms with van der Waals surface area (Å²) in [6.45, 7) is 6.07. The molecule has 1 aromatic heterocycles. The van der Waals surface area contributed by atoms with Crippen LogP contribution in [-0.4, -0.2) is 28.8 Å². The zero-order chi connectivity index (χ0) is 22.5. The van der Waals surface area contributed by atoms with Crippen molar-refractivity contribution in [3.63, 3.8) is 0 Å². The van der Waals surface area contributed by atoms with E-state index in [1.807, 2.05) is 45.0 Å². The number of carbonyl (C=O) groups excluding carboxylic acids is 3.